The number of nitrogens with zero attached hydrogens (tertiary/aromatic N) is 4. The average molecular weight is 406 g/mol. The van der Waals surface area contributed by atoms with E-state index in [0.717, 1.165) is 5.56 Å². The van der Waals surface area contributed by atoms with Crippen molar-refractivity contribution < 1.29 is 0 Å². The SMILES string of the molecule is N=c1ncn(Cc2c(Cl)cccc2Cl)c2nc(-c3cccc(Cl)n3)[nH]c12. The summed E-state index contributed by atoms with van der Waals surface area (Å²) in [6.07, 6.45) is 1.54. The normalized spacial score (nSPS) is 11.2. The highest BCUT2D eigenvalue weighted by molar-refractivity contribution is 6.36. The highest BCUT2D eigenvalue weighted by atomic mass is 35.5. The van der Waals surface area contributed by atoms with Crippen LogP contribution in [0.3, 0.4) is 0 Å². The van der Waals surface area contributed by atoms with Crippen molar-refractivity contribution in [3.8, 4) is 11.5 Å². The van der Waals surface area contributed by atoms with Crippen molar-refractivity contribution in [2.24, 2.45) is 0 Å². The minimum absolute atomic E-state index is 0.0854. The van der Waals surface area contributed by atoms with Crippen LogP contribution in [0.5, 0.6) is 0 Å². The number of aromatic nitrogens is 5. The van der Waals surface area contributed by atoms with E-state index in [1.165, 1.54) is 0 Å². The van der Waals surface area contributed by atoms with Gasteiger partial charge in [-0.05, 0) is 24.3 Å². The Morgan fingerprint density at radius 3 is 2.46 bits per heavy atom. The molecule has 4 aromatic rings. The van der Waals surface area contributed by atoms with Crippen LogP contribution >= 0.6 is 34.8 Å². The summed E-state index contributed by atoms with van der Waals surface area (Å²) in [5, 5.41) is 9.52. The highest BCUT2D eigenvalue weighted by Crippen LogP contribution is 2.26. The van der Waals surface area contributed by atoms with Crippen LogP contribution in [0, 0.1) is 5.41 Å². The molecule has 0 spiro atoms. The summed E-state index contributed by atoms with van der Waals surface area (Å²) >= 11 is 18.5. The molecule has 9 heteroatoms. The van der Waals surface area contributed by atoms with E-state index in [1.807, 2.05) is 0 Å². The second-order valence-electron chi connectivity index (χ2n) is 5.55. The van der Waals surface area contributed by atoms with Crippen LogP contribution in [0.1, 0.15) is 5.56 Å². The smallest absolute Gasteiger partial charge is 0.173 e. The van der Waals surface area contributed by atoms with E-state index in [1.54, 1.807) is 47.3 Å². The average Bonchev–Trinajstić information content (AvgIpc) is 3.07. The first kappa shape index (κ1) is 17.0. The van der Waals surface area contributed by atoms with E-state index in [9.17, 15) is 0 Å². The van der Waals surface area contributed by atoms with Gasteiger partial charge in [-0.1, -0.05) is 46.9 Å². The molecule has 1 aromatic carbocycles. The van der Waals surface area contributed by atoms with Crippen molar-refractivity contribution in [1.29, 1.82) is 5.41 Å². The molecule has 0 bridgehead atoms. The fraction of sp³-hybridized carbons (Fsp3) is 0.0588. The minimum Gasteiger partial charge on any atom is -0.332 e. The Kier molecular flexibility index (Phi) is 4.40. The molecule has 0 unspecified atom stereocenters. The first-order valence-electron chi connectivity index (χ1n) is 7.58. The number of benzene rings is 1. The van der Waals surface area contributed by atoms with Crippen molar-refractivity contribution in [3.05, 3.63) is 69.0 Å². The molecule has 130 valence electrons. The molecule has 0 aliphatic heterocycles. The summed E-state index contributed by atoms with van der Waals surface area (Å²) in [5.41, 5.74) is 2.47. The molecule has 0 fully saturated rings. The van der Waals surface area contributed by atoms with Gasteiger partial charge in [0.25, 0.3) is 0 Å². The number of nitrogens with one attached hydrogen (secondary N) is 2. The molecular weight excluding hydrogens is 395 g/mol. The predicted molar refractivity (Wildman–Crippen MR) is 102 cm³/mol. The van der Waals surface area contributed by atoms with Gasteiger partial charge < -0.3 is 9.55 Å². The number of halogens is 3. The third kappa shape index (κ3) is 3.07. The molecule has 0 amide bonds. The number of H-pyrrole nitrogens is 1. The zero-order valence-electron chi connectivity index (χ0n) is 13.2. The molecule has 0 atom stereocenters. The summed E-state index contributed by atoms with van der Waals surface area (Å²) < 4.78 is 1.78. The number of hydrogen-bond acceptors (Lipinski definition) is 4. The molecule has 6 nitrogen and oxygen atoms in total. The van der Waals surface area contributed by atoms with E-state index in [2.05, 4.69) is 19.9 Å². The minimum atomic E-state index is 0.0854. The van der Waals surface area contributed by atoms with E-state index in [4.69, 9.17) is 40.2 Å². The van der Waals surface area contributed by atoms with Crippen molar-refractivity contribution in [3.63, 3.8) is 0 Å². The van der Waals surface area contributed by atoms with E-state index >= 15 is 0 Å². The Morgan fingerprint density at radius 2 is 1.73 bits per heavy atom. The molecule has 26 heavy (non-hydrogen) atoms. The van der Waals surface area contributed by atoms with Gasteiger partial charge in [-0.15, -0.1) is 0 Å². The zero-order valence-corrected chi connectivity index (χ0v) is 15.4. The van der Waals surface area contributed by atoms with Crippen LogP contribution in [-0.4, -0.2) is 24.5 Å². The van der Waals surface area contributed by atoms with Crippen LogP contribution in [0.25, 0.3) is 22.7 Å². The summed E-state index contributed by atoms with van der Waals surface area (Å²) in [6, 6.07) is 10.6. The largest absolute Gasteiger partial charge is 0.332 e. The first-order chi connectivity index (χ1) is 12.5. The Labute approximate surface area is 162 Å². The summed E-state index contributed by atoms with van der Waals surface area (Å²) in [6.45, 7) is 0.371. The second kappa shape index (κ2) is 6.72. The van der Waals surface area contributed by atoms with E-state index < -0.39 is 0 Å². The summed E-state index contributed by atoms with van der Waals surface area (Å²) in [5.74, 6) is 0.503. The number of fused-ring (bicyclic) bond motifs is 1. The predicted octanol–water partition coefficient (Wildman–Crippen LogP) is 4.31. The van der Waals surface area contributed by atoms with E-state index in [-0.39, 0.29) is 5.49 Å². The monoisotopic (exact) mass is 404 g/mol. The topological polar surface area (TPSA) is 83.2 Å². The lowest BCUT2D eigenvalue weighted by atomic mass is 10.2. The molecule has 4 rings (SSSR count). The molecule has 3 heterocycles. The standard InChI is InChI=1S/C17H11Cl3N6/c18-10-3-1-4-11(19)9(10)7-26-8-22-15(21)14-17(26)25-16(24-14)12-5-2-6-13(20)23-12/h1-6,8,21H,7H2,(H,24,25). The maximum absolute atomic E-state index is 8.05. The van der Waals surface area contributed by atoms with Crippen molar-refractivity contribution in [1.82, 2.24) is 24.5 Å². The maximum atomic E-state index is 8.05. The number of imidazole rings is 1. The fourth-order valence-corrected chi connectivity index (χ4v) is 3.30. The molecule has 0 radical (unpaired) electrons. The molecule has 0 saturated heterocycles. The van der Waals surface area contributed by atoms with Gasteiger partial charge in [-0.25, -0.2) is 15.0 Å². The summed E-state index contributed by atoms with van der Waals surface area (Å²) in [4.78, 5) is 16.0. The Hall–Kier alpha value is -2.41. The molecule has 0 saturated carbocycles. The Bertz CT molecular complexity index is 1160. The van der Waals surface area contributed by atoms with Gasteiger partial charge in [-0.3, -0.25) is 5.41 Å². The molecule has 2 N–H and O–H groups in total. The van der Waals surface area contributed by atoms with Gasteiger partial charge in [0.2, 0.25) is 0 Å². The molecule has 3 aromatic heterocycles. The third-order valence-corrected chi connectivity index (χ3v) is 4.79. The number of rotatable bonds is 3. The summed E-state index contributed by atoms with van der Waals surface area (Å²) in [7, 11) is 0. The van der Waals surface area contributed by atoms with Gasteiger partial charge in [0.1, 0.15) is 16.4 Å². The second-order valence-corrected chi connectivity index (χ2v) is 6.75. The van der Waals surface area contributed by atoms with Gasteiger partial charge in [0.05, 0.1) is 12.9 Å². The number of pyridine rings is 1. The zero-order chi connectivity index (χ0) is 18.3. The van der Waals surface area contributed by atoms with Gasteiger partial charge in [0.15, 0.2) is 17.0 Å². The van der Waals surface area contributed by atoms with Crippen LogP contribution in [0.15, 0.2) is 42.7 Å². The molecular formula is C17H11Cl3N6. The lowest BCUT2D eigenvalue weighted by Crippen LogP contribution is -2.13. The fourth-order valence-electron chi connectivity index (χ4n) is 2.61. The van der Waals surface area contributed by atoms with Crippen LogP contribution < -0.4 is 5.49 Å². The van der Waals surface area contributed by atoms with Gasteiger partial charge >= 0.3 is 0 Å². The van der Waals surface area contributed by atoms with Crippen molar-refractivity contribution in [2.45, 2.75) is 6.54 Å². The lowest BCUT2D eigenvalue weighted by molar-refractivity contribution is 0.784. The van der Waals surface area contributed by atoms with Crippen molar-refractivity contribution in [2.75, 3.05) is 0 Å². The Morgan fingerprint density at radius 1 is 1.00 bits per heavy atom. The van der Waals surface area contributed by atoms with Gasteiger partial charge in [-0.2, -0.15) is 0 Å². The van der Waals surface area contributed by atoms with Gasteiger partial charge in [0, 0.05) is 15.6 Å². The van der Waals surface area contributed by atoms with Crippen molar-refractivity contribution >= 4 is 46.0 Å². The Balaban J connectivity index is 1.86. The first-order valence-corrected chi connectivity index (χ1v) is 8.72. The molecule has 0 aliphatic rings. The van der Waals surface area contributed by atoms with Crippen LogP contribution in [-0.2, 0) is 6.54 Å². The lowest BCUT2D eigenvalue weighted by Gasteiger charge is -2.10. The quantitative estimate of drug-likeness (QED) is 0.498. The highest BCUT2D eigenvalue weighted by Gasteiger charge is 2.14. The maximum Gasteiger partial charge on any atom is 0.173 e. The third-order valence-electron chi connectivity index (χ3n) is 3.87. The van der Waals surface area contributed by atoms with E-state index in [0.29, 0.717) is 44.4 Å². The van der Waals surface area contributed by atoms with Crippen LogP contribution in [0.2, 0.25) is 15.2 Å². The number of hydrogen-bond donors (Lipinski definition) is 2. The number of aromatic amines is 1. The van der Waals surface area contributed by atoms with Crippen LogP contribution in [0.4, 0.5) is 0 Å². The molecule has 0 aliphatic carbocycles.